The molecule has 0 aromatic carbocycles. The van der Waals surface area contributed by atoms with Crippen molar-refractivity contribution < 1.29 is 0 Å². The Hall–Kier alpha value is -0.0800. The predicted molar refractivity (Wildman–Crippen MR) is 58.0 cm³/mol. The largest absolute Gasteiger partial charge is 0.316 e. The van der Waals surface area contributed by atoms with Crippen molar-refractivity contribution in [1.29, 1.82) is 0 Å². The summed E-state index contributed by atoms with van der Waals surface area (Å²) >= 11 is 0. The topological polar surface area (TPSA) is 15.3 Å². The molecular formula is C11H24N2. The van der Waals surface area contributed by atoms with Gasteiger partial charge in [0.2, 0.25) is 0 Å². The van der Waals surface area contributed by atoms with Crippen molar-refractivity contribution >= 4 is 0 Å². The summed E-state index contributed by atoms with van der Waals surface area (Å²) in [7, 11) is 2.28. The van der Waals surface area contributed by atoms with Crippen LogP contribution in [0.2, 0.25) is 0 Å². The van der Waals surface area contributed by atoms with Gasteiger partial charge in [0.25, 0.3) is 0 Å². The zero-order valence-electron chi connectivity index (χ0n) is 9.34. The molecule has 2 aliphatic heterocycles. The Labute approximate surface area is 82.7 Å². The van der Waals surface area contributed by atoms with Crippen molar-refractivity contribution in [2.45, 2.75) is 39.2 Å². The van der Waals surface area contributed by atoms with E-state index in [2.05, 4.69) is 17.3 Å². The molecule has 2 saturated heterocycles. The number of hydrogen-bond acceptors (Lipinski definition) is 2. The minimum Gasteiger partial charge on any atom is -0.316 e. The van der Waals surface area contributed by atoms with Gasteiger partial charge in [-0.2, -0.15) is 0 Å². The molecule has 2 rings (SSSR count). The molecule has 0 aromatic heterocycles. The van der Waals surface area contributed by atoms with Crippen LogP contribution in [0.25, 0.3) is 0 Å². The van der Waals surface area contributed by atoms with E-state index in [1.807, 2.05) is 13.8 Å². The number of piperidine rings is 2. The van der Waals surface area contributed by atoms with Crippen LogP contribution in [0, 0.1) is 5.92 Å². The second kappa shape index (κ2) is 5.61. The quantitative estimate of drug-likeness (QED) is 0.616. The van der Waals surface area contributed by atoms with E-state index in [-0.39, 0.29) is 0 Å². The molecule has 0 radical (unpaired) electrons. The molecule has 0 saturated carbocycles. The van der Waals surface area contributed by atoms with Gasteiger partial charge >= 0.3 is 0 Å². The van der Waals surface area contributed by atoms with Gasteiger partial charge in [0.15, 0.2) is 0 Å². The zero-order valence-corrected chi connectivity index (χ0v) is 9.34. The number of fused-ring (bicyclic) bond motifs is 1. The maximum atomic E-state index is 3.48. The molecular weight excluding hydrogens is 160 g/mol. The van der Waals surface area contributed by atoms with Crippen molar-refractivity contribution in [3.05, 3.63) is 0 Å². The molecule has 2 atom stereocenters. The van der Waals surface area contributed by atoms with Gasteiger partial charge in [-0.25, -0.2) is 0 Å². The third kappa shape index (κ3) is 2.68. The lowest BCUT2D eigenvalue weighted by atomic mass is 9.85. The molecule has 0 spiro atoms. The van der Waals surface area contributed by atoms with Crippen molar-refractivity contribution in [1.82, 2.24) is 10.2 Å². The summed E-state index contributed by atoms with van der Waals surface area (Å²) in [6, 6.07) is 0.894. The molecule has 0 amide bonds. The standard InChI is InChI=1S/C9H18N2.C2H6/c1-11-6-2-3-8-7-10-5-4-9(8)11;1-2/h8-10H,2-7H2,1H3;1-2H3. The van der Waals surface area contributed by atoms with Crippen LogP contribution in [0.1, 0.15) is 33.1 Å². The fraction of sp³-hybridized carbons (Fsp3) is 1.00. The van der Waals surface area contributed by atoms with Crippen LogP contribution < -0.4 is 5.32 Å². The van der Waals surface area contributed by atoms with Gasteiger partial charge in [-0.05, 0) is 51.9 Å². The van der Waals surface area contributed by atoms with Crippen LogP contribution in [0.15, 0.2) is 0 Å². The molecule has 2 aliphatic rings. The van der Waals surface area contributed by atoms with Gasteiger partial charge < -0.3 is 10.2 Å². The van der Waals surface area contributed by atoms with Crippen LogP contribution in [-0.2, 0) is 0 Å². The normalized spacial score (nSPS) is 34.4. The second-order valence-electron chi connectivity index (χ2n) is 3.94. The number of nitrogens with one attached hydrogen (secondary N) is 1. The van der Waals surface area contributed by atoms with Gasteiger partial charge in [0, 0.05) is 6.04 Å². The summed E-state index contributed by atoms with van der Waals surface area (Å²) < 4.78 is 0. The molecule has 2 unspecified atom stereocenters. The van der Waals surface area contributed by atoms with E-state index < -0.39 is 0 Å². The number of rotatable bonds is 0. The average molecular weight is 184 g/mol. The average Bonchev–Trinajstić information content (AvgIpc) is 2.22. The Morgan fingerprint density at radius 1 is 1.23 bits per heavy atom. The monoisotopic (exact) mass is 184 g/mol. The van der Waals surface area contributed by atoms with E-state index in [9.17, 15) is 0 Å². The summed E-state index contributed by atoms with van der Waals surface area (Å²) in [6.07, 6.45) is 4.21. The first-order chi connectivity index (χ1) is 6.38. The van der Waals surface area contributed by atoms with Gasteiger partial charge in [-0.15, -0.1) is 0 Å². The molecule has 2 fully saturated rings. The van der Waals surface area contributed by atoms with E-state index in [0.29, 0.717) is 0 Å². The first-order valence-electron chi connectivity index (χ1n) is 5.79. The minimum atomic E-state index is 0.894. The smallest absolute Gasteiger partial charge is 0.0145 e. The number of nitrogens with zero attached hydrogens (tertiary/aromatic N) is 1. The van der Waals surface area contributed by atoms with Crippen molar-refractivity contribution in [2.75, 3.05) is 26.7 Å². The van der Waals surface area contributed by atoms with E-state index in [1.54, 1.807) is 0 Å². The Bertz CT molecular complexity index is 134. The lowest BCUT2D eigenvalue weighted by Crippen LogP contribution is -2.51. The van der Waals surface area contributed by atoms with Crippen molar-refractivity contribution in [3.63, 3.8) is 0 Å². The van der Waals surface area contributed by atoms with Gasteiger partial charge in [-0.1, -0.05) is 13.8 Å². The molecule has 2 nitrogen and oxygen atoms in total. The Morgan fingerprint density at radius 2 is 2.00 bits per heavy atom. The Balaban J connectivity index is 0.000000396. The summed E-state index contributed by atoms with van der Waals surface area (Å²) in [5.41, 5.74) is 0. The summed E-state index contributed by atoms with van der Waals surface area (Å²) in [4.78, 5) is 2.55. The molecule has 0 aromatic rings. The van der Waals surface area contributed by atoms with E-state index in [1.165, 1.54) is 38.9 Å². The molecule has 0 bridgehead atoms. The third-order valence-electron chi connectivity index (χ3n) is 3.22. The Kier molecular flexibility index (Phi) is 4.74. The summed E-state index contributed by atoms with van der Waals surface area (Å²) in [5.74, 6) is 0.947. The fourth-order valence-corrected chi connectivity index (χ4v) is 2.55. The first-order valence-corrected chi connectivity index (χ1v) is 5.79. The molecule has 1 N–H and O–H groups in total. The van der Waals surface area contributed by atoms with Gasteiger partial charge in [-0.3, -0.25) is 0 Å². The van der Waals surface area contributed by atoms with Gasteiger partial charge in [0.1, 0.15) is 0 Å². The summed E-state index contributed by atoms with van der Waals surface area (Å²) in [5, 5.41) is 3.48. The van der Waals surface area contributed by atoms with Crippen LogP contribution in [0.3, 0.4) is 0 Å². The SMILES string of the molecule is CC.CN1CCCC2CNCCC21. The maximum Gasteiger partial charge on any atom is 0.0145 e. The molecule has 13 heavy (non-hydrogen) atoms. The fourth-order valence-electron chi connectivity index (χ4n) is 2.55. The van der Waals surface area contributed by atoms with Crippen molar-refractivity contribution in [3.8, 4) is 0 Å². The Morgan fingerprint density at radius 3 is 2.69 bits per heavy atom. The van der Waals surface area contributed by atoms with Gasteiger partial charge in [0.05, 0.1) is 0 Å². The first kappa shape index (κ1) is 11.0. The highest BCUT2D eigenvalue weighted by molar-refractivity contribution is 4.87. The zero-order chi connectivity index (χ0) is 9.68. The highest BCUT2D eigenvalue weighted by Crippen LogP contribution is 2.25. The van der Waals surface area contributed by atoms with E-state index in [0.717, 1.165) is 12.0 Å². The maximum absolute atomic E-state index is 3.48. The summed E-state index contributed by atoms with van der Waals surface area (Å²) in [6.45, 7) is 7.81. The number of likely N-dealkylation sites (tertiary alicyclic amines) is 1. The second-order valence-corrected chi connectivity index (χ2v) is 3.94. The molecule has 78 valence electrons. The highest BCUT2D eigenvalue weighted by atomic mass is 15.2. The highest BCUT2D eigenvalue weighted by Gasteiger charge is 2.30. The molecule has 0 aliphatic carbocycles. The van der Waals surface area contributed by atoms with Crippen LogP contribution in [0.4, 0.5) is 0 Å². The lowest BCUT2D eigenvalue weighted by molar-refractivity contribution is 0.0933. The lowest BCUT2D eigenvalue weighted by Gasteiger charge is -2.42. The predicted octanol–water partition coefficient (Wildman–Crippen LogP) is 1.72. The minimum absolute atomic E-state index is 0.894. The van der Waals surface area contributed by atoms with E-state index in [4.69, 9.17) is 0 Å². The van der Waals surface area contributed by atoms with Crippen LogP contribution in [0.5, 0.6) is 0 Å². The molecule has 2 heteroatoms. The van der Waals surface area contributed by atoms with E-state index >= 15 is 0 Å². The number of hydrogen-bond donors (Lipinski definition) is 1. The molecule has 2 heterocycles. The van der Waals surface area contributed by atoms with Crippen LogP contribution in [-0.4, -0.2) is 37.6 Å². The van der Waals surface area contributed by atoms with Crippen LogP contribution >= 0.6 is 0 Å². The third-order valence-corrected chi connectivity index (χ3v) is 3.22. The van der Waals surface area contributed by atoms with Crippen molar-refractivity contribution in [2.24, 2.45) is 5.92 Å².